The van der Waals surface area contributed by atoms with Gasteiger partial charge < -0.3 is 9.80 Å². The average Bonchev–Trinajstić information content (AvgIpc) is 3.57. The van der Waals surface area contributed by atoms with E-state index in [2.05, 4.69) is 254 Å². The lowest BCUT2D eigenvalue weighted by Gasteiger charge is -2.29. The van der Waals surface area contributed by atoms with Crippen LogP contribution in [0.25, 0.3) is 54.9 Å². The van der Waals surface area contributed by atoms with Crippen LogP contribution in [-0.4, -0.2) is 0 Å². The maximum absolute atomic E-state index is 2.43. The third-order valence-corrected chi connectivity index (χ3v) is 12.6. The zero-order valence-electron chi connectivity index (χ0n) is 34.3. The van der Waals surface area contributed by atoms with Crippen LogP contribution in [0.15, 0.2) is 231 Å². The third-order valence-electron chi connectivity index (χ3n) is 12.6. The van der Waals surface area contributed by atoms with Gasteiger partial charge in [-0.25, -0.2) is 0 Å². The largest absolute Gasteiger partial charge is 0.310 e. The molecule has 10 aromatic rings. The van der Waals surface area contributed by atoms with Crippen LogP contribution in [0, 0.1) is 0 Å². The van der Waals surface area contributed by atoms with Crippen molar-refractivity contribution >= 4 is 55.7 Å². The van der Waals surface area contributed by atoms with Crippen LogP contribution in [-0.2, 0) is 5.41 Å². The van der Waals surface area contributed by atoms with Crippen molar-refractivity contribution in [3.8, 4) is 33.4 Å². The molecular formula is C59H44N2. The number of hydrogen-bond donors (Lipinski definition) is 0. The quantitative estimate of drug-likeness (QED) is 0.142. The summed E-state index contributed by atoms with van der Waals surface area (Å²) in [6.07, 6.45) is 0. The molecule has 0 radical (unpaired) electrons. The number of fused-ring (bicyclic) bond motifs is 8. The standard InChI is InChI=1S/C59H44N2/c1-59(2)56-40-50(60(45-21-11-5-12-22-45)46-23-13-6-14-24-46)36-38-54(56)57-52-26-16-15-25-51(52)55-39-49(35-37-53(55)58(57)59)61(47-31-27-43(28-32-47)41-17-7-3-8-18-41)48-33-29-44(30-34-48)42-19-9-4-10-20-42/h3-40H,1-2H3. The fourth-order valence-corrected chi connectivity index (χ4v) is 9.70. The van der Waals surface area contributed by atoms with E-state index < -0.39 is 0 Å². The zero-order valence-corrected chi connectivity index (χ0v) is 34.3. The number of rotatable bonds is 8. The molecule has 11 rings (SSSR count). The highest BCUT2D eigenvalue weighted by molar-refractivity contribution is 6.19. The Morgan fingerprint density at radius 3 is 1.21 bits per heavy atom. The molecule has 1 aliphatic rings. The lowest BCUT2D eigenvalue weighted by Crippen LogP contribution is -2.17. The lowest BCUT2D eigenvalue weighted by atomic mass is 9.79. The van der Waals surface area contributed by atoms with Gasteiger partial charge in [-0.1, -0.05) is 172 Å². The molecule has 61 heavy (non-hydrogen) atoms. The molecule has 0 aliphatic heterocycles. The maximum Gasteiger partial charge on any atom is 0.0468 e. The van der Waals surface area contributed by atoms with Crippen molar-refractivity contribution in [2.24, 2.45) is 0 Å². The predicted octanol–water partition coefficient (Wildman–Crippen LogP) is 16.6. The molecule has 0 spiro atoms. The van der Waals surface area contributed by atoms with Gasteiger partial charge in [-0.05, 0) is 139 Å². The van der Waals surface area contributed by atoms with Crippen LogP contribution >= 0.6 is 0 Å². The molecule has 290 valence electrons. The third kappa shape index (κ3) is 6.27. The Morgan fingerprint density at radius 1 is 0.295 bits per heavy atom. The van der Waals surface area contributed by atoms with Gasteiger partial charge in [-0.3, -0.25) is 0 Å². The van der Waals surface area contributed by atoms with Gasteiger partial charge in [0.05, 0.1) is 0 Å². The minimum Gasteiger partial charge on any atom is -0.310 e. The van der Waals surface area contributed by atoms with Gasteiger partial charge in [0.2, 0.25) is 0 Å². The summed E-state index contributed by atoms with van der Waals surface area (Å²) in [6.45, 7) is 4.82. The lowest BCUT2D eigenvalue weighted by molar-refractivity contribution is 0.666. The summed E-state index contributed by atoms with van der Waals surface area (Å²) in [6, 6.07) is 83.8. The van der Waals surface area contributed by atoms with E-state index in [9.17, 15) is 0 Å². The summed E-state index contributed by atoms with van der Waals surface area (Å²) in [7, 11) is 0. The summed E-state index contributed by atoms with van der Waals surface area (Å²) >= 11 is 0. The fourth-order valence-electron chi connectivity index (χ4n) is 9.70. The summed E-state index contributed by atoms with van der Waals surface area (Å²) < 4.78 is 0. The highest BCUT2D eigenvalue weighted by Crippen LogP contribution is 2.56. The van der Waals surface area contributed by atoms with Crippen LogP contribution in [0.2, 0.25) is 0 Å². The molecule has 2 nitrogen and oxygen atoms in total. The van der Waals surface area contributed by atoms with Gasteiger partial charge in [-0.2, -0.15) is 0 Å². The van der Waals surface area contributed by atoms with Crippen molar-refractivity contribution in [2.75, 3.05) is 9.80 Å². The number of hydrogen-bond acceptors (Lipinski definition) is 2. The molecule has 0 aromatic heterocycles. The monoisotopic (exact) mass is 780 g/mol. The van der Waals surface area contributed by atoms with E-state index in [0.717, 1.165) is 34.1 Å². The van der Waals surface area contributed by atoms with Crippen molar-refractivity contribution in [2.45, 2.75) is 19.3 Å². The molecule has 1 aliphatic carbocycles. The van der Waals surface area contributed by atoms with Gasteiger partial charge in [0.25, 0.3) is 0 Å². The van der Waals surface area contributed by atoms with Crippen LogP contribution in [0.5, 0.6) is 0 Å². The van der Waals surface area contributed by atoms with Gasteiger partial charge in [0, 0.05) is 39.5 Å². The minimum absolute atomic E-state index is 0.260. The summed E-state index contributed by atoms with van der Waals surface area (Å²) in [5, 5.41) is 5.10. The topological polar surface area (TPSA) is 6.48 Å². The zero-order chi connectivity index (χ0) is 40.9. The molecule has 0 unspecified atom stereocenters. The van der Waals surface area contributed by atoms with E-state index in [-0.39, 0.29) is 5.41 Å². The van der Waals surface area contributed by atoms with Crippen LogP contribution in [0.4, 0.5) is 34.1 Å². The second-order valence-electron chi connectivity index (χ2n) is 16.5. The Labute approximate surface area is 358 Å². The summed E-state index contributed by atoms with van der Waals surface area (Å²) in [5.74, 6) is 0. The number of anilines is 6. The SMILES string of the molecule is CC1(C)c2cc(N(c3ccccc3)c3ccccc3)ccc2-c2c1c1ccc(N(c3ccc(-c4ccccc4)cc3)c3ccc(-c4ccccc4)cc3)cc1c1ccccc21. The maximum atomic E-state index is 2.43. The average molecular weight is 781 g/mol. The summed E-state index contributed by atoms with van der Waals surface area (Å²) in [4.78, 5) is 4.77. The fraction of sp³-hybridized carbons (Fsp3) is 0.0508. The molecule has 0 saturated heterocycles. The molecule has 0 saturated carbocycles. The van der Waals surface area contributed by atoms with E-state index in [1.165, 1.54) is 66.1 Å². The highest BCUT2D eigenvalue weighted by Gasteiger charge is 2.39. The van der Waals surface area contributed by atoms with Crippen molar-refractivity contribution in [3.05, 3.63) is 242 Å². The molecule has 0 amide bonds. The number of para-hydroxylation sites is 2. The normalized spacial score (nSPS) is 12.6. The number of nitrogens with zero attached hydrogens (tertiary/aromatic N) is 2. The molecule has 0 bridgehead atoms. The minimum atomic E-state index is -0.260. The van der Waals surface area contributed by atoms with Gasteiger partial charge in [0.1, 0.15) is 0 Å². The van der Waals surface area contributed by atoms with Gasteiger partial charge in [0.15, 0.2) is 0 Å². The first-order valence-electron chi connectivity index (χ1n) is 21.2. The predicted molar refractivity (Wildman–Crippen MR) is 259 cm³/mol. The van der Waals surface area contributed by atoms with E-state index >= 15 is 0 Å². The molecule has 0 fully saturated rings. The van der Waals surface area contributed by atoms with E-state index in [1.54, 1.807) is 0 Å². The van der Waals surface area contributed by atoms with Crippen LogP contribution in [0.3, 0.4) is 0 Å². The number of benzene rings is 10. The second kappa shape index (κ2) is 14.9. The first-order valence-corrected chi connectivity index (χ1v) is 21.2. The molecule has 2 heteroatoms. The Hall–Kier alpha value is -7.68. The molecule has 0 heterocycles. The molecule has 0 atom stereocenters. The van der Waals surface area contributed by atoms with E-state index in [0.29, 0.717) is 0 Å². The smallest absolute Gasteiger partial charge is 0.0468 e. The Morgan fingerprint density at radius 2 is 0.689 bits per heavy atom. The first kappa shape index (κ1) is 36.4. The van der Waals surface area contributed by atoms with Crippen molar-refractivity contribution in [1.29, 1.82) is 0 Å². The summed E-state index contributed by atoms with van der Waals surface area (Å²) in [5.41, 5.74) is 16.7. The van der Waals surface area contributed by atoms with Crippen molar-refractivity contribution < 1.29 is 0 Å². The van der Waals surface area contributed by atoms with Crippen LogP contribution < -0.4 is 9.80 Å². The Bertz CT molecular complexity index is 3050. The molecule has 10 aromatic carbocycles. The van der Waals surface area contributed by atoms with E-state index in [1.807, 2.05) is 0 Å². The first-order chi connectivity index (χ1) is 30.0. The van der Waals surface area contributed by atoms with Crippen molar-refractivity contribution in [3.63, 3.8) is 0 Å². The van der Waals surface area contributed by atoms with Crippen LogP contribution in [0.1, 0.15) is 25.0 Å². The second-order valence-corrected chi connectivity index (χ2v) is 16.5. The van der Waals surface area contributed by atoms with E-state index in [4.69, 9.17) is 0 Å². The Balaban J connectivity index is 1.07. The Kier molecular flexibility index (Phi) is 8.86. The molecule has 0 N–H and O–H groups in total. The molecular weight excluding hydrogens is 737 g/mol. The van der Waals surface area contributed by atoms with Gasteiger partial charge in [-0.15, -0.1) is 0 Å². The van der Waals surface area contributed by atoms with Crippen molar-refractivity contribution in [1.82, 2.24) is 0 Å². The highest BCUT2D eigenvalue weighted by atomic mass is 15.1. The van der Waals surface area contributed by atoms with Gasteiger partial charge >= 0.3 is 0 Å².